The fourth-order valence-electron chi connectivity index (χ4n) is 2.13. The lowest BCUT2D eigenvalue weighted by Gasteiger charge is -2.08. The second kappa shape index (κ2) is 7.99. The number of nitro benzene ring substituents is 1. The molecule has 2 rings (SSSR count). The van der Waals surface area contributed by atoms with Crippen molar-refractivity contribution in [2.75, 3.05) is 5.32 Å². The minimum Gasteiger partial charge on any atom is -0.478 e. The highest BCUT2D eigenvalue weighted by Crippen LogP contribution is 2.26. The van der Waals surface area contributed by atoms with Gasteiger partial charge in [-0.3, -0.25) is 14.9 Å². The number of nitro groups is 1. The first-order valence-electron chi connectivity index (χ1n) is 7.15. The van der Waals surface area contributed by atoms with Crippen molar-refractivity contribution in [3.63, 3.8) is 0 Å². The van der Waals surface area contributed by atoms with Crippen LogP contribution in [0.1, 0.15) is 22.8 Å². The lowest BCUT2D eigenvalue weighted by Crippen LogP contribution is -2.13. The molecule has 2 aromatic rings. The van der Waals surface area contributed by atoms with Crippen molar-refractivity contribution in [2.45, 2.75) is 6.92 Å². The summed E-state index contributed by atoms with van der Waals surface area (Å²) in [6.45, 7) is 1.66. The maximum atomic E-state index is 12.2. The number of carboxylic acid groups (broad SMARTS) is 1. The van der Waals surface area contributed by atoms with Crippen LogP contribution in [0, 0.1) is 10.1 Å². The van der Waals surface area contributed by atoms with E-state index in [1.165, 1.54) is 6.08 Å². The zero-order valence-electron chi connectivity index (χ0n) is 13.3. The number of anilines is 1. The van der Waals surface area contributed by atoms with Crippen molar-refractivity contribution in [3.05, 3.63) is 73.8 Å². The molecule has 0 fully saturated rings. The molecule has 134 valence electrons. The van der Waals surface area contributed by atoms with Gasteiger partial charge in [0.1, 0.15) is 0 Å². The third-order valence-corrected chi connectivity index (χ3v) is 4.16. The maximum Gasteiger partial charge on any atom is 0.337 e. The average Bonchev–Trinajstić information content (AvgIpc) is 2.56. The van der Waals surface area contributed by atoms with E-state index in [1.54, 1.807) is 25.1 Å². The second-order valence-electron chi connectivity index (χ2n) is 5.24. The van der Waals surface area contributed by atoms with Crippen LogP contribution in [0.4, 0.5) is 11.4 Å². The third-order valence-electron chi connectivity index (χ3n) is 3.42. The molecule has 26 heavy (non-hydrogen) atoms. The van der Waals surface area contributed by atoms with Gasteiger partial charge in [-0.2, -0.15) is 0 Å². The van der Waals surface area contributed by atoms with E-state index in [1.807, 2.05) is 0 Å². The molecule has 0 unspecified atom stereocenters. The molecule has 2 aromatic carbocycles. The number of hydrogen-bond acceptors (Lipinski definition) is 4. The SMILES string of the molecule is C/C(=C/C(=O)Nc1cc([N+](=O)[O-])ccc1C(=O)O)c1ccc(Cl)c(Cl)c1. The van der Waals surface area contributed by atoms with Crippen molar-refractivity contribution in [1.82, 2.24) is 0 Å². The standard InChI is InChI=1S/C17H12Cl2N2O5/c1-9(10-2-5-13(18)14(19)7-10)6-16(22)20-15-8-11(21(25)26)3-4-12(15)17(23)24/h2-8H,1H3,(H,20,22)(H,23,24)/b9-6-. The number of halogens is 2. The molecule has 0 aliphatic rings. The van der Waals surface area contributed by atoms with E-state index < -0.39 is 16.8 Å². The largest absolute Gasteiger partial charge is 0.478 e. The van der Waals surface area contributed by atoms with Gasteiger partial charge in [-0.05, 0) is 36.3 Å². The molecule has 0 saturated carbocycles. The Morgan fingerprint density at radius 2 is 1.85 bits per heavy atom. The highest BCUT2D eigenvalue weighted by molar-refractivity contribution is 6.42. The van der Waals surface area contributed by atoms with Crippen LogP contribution in [-0.4, -0.2) is 21.9 Å². The predicted molar refractivity (Wildman–Crippen MR) is 98.8 cm³/mol. The van der Waals surface area contributed by atoms with Crippen LogP contribution in [0.2, 0.25) is 10.0 Å². The maximum absolute atomic E-state index is 12.2. The lowest BCUT2D eigenvalue weighted by atomic mass is 10.1. The number of hydrogen-bond donors (Lipinski definition) is 2. The van der Waals surface area contributed by atoms with Crippen LogP contribution in [0.25, 0.3) is 5.57 Å². The number of nitrogens with zero attached hydrogens (tertiary/aromatic N) is 1. The van der Waals surface area contributed by atoms with Crippen LogP contribution < -0.4 is 5.32 Å². The number of aromatic carboxylic acids is 1. The van der Waals surface area contributed by atoms with Crippen LogP contribution >= 0.6 is 23.2 Å². The molecule has 0 spiro atoms. The van der Waals surface area contributed by atoms with Gasteiger partial charge in [0, 0.05) is 18.2 Å². The zero-order valence-corrected chi connectivity index (χ0v) is 14.8. The van der Waals surface area contributed by atoms with Crippen molar-refractivity contribution >= 4 is 52.0 Å². The Kier molecular flexibility index (Phi) is 5.97. The van der Waals surface area contributed by atoms with Crippen molar-refractivity contribution < 1.29 is 19.6 Å². The summed E-state index contributed by atoms with van der Waals surface area (Å²) >= 11 is 11.8. The van der Waals surface area contributed by atoms with Crippen LogP contribution in [0.15, 0.2) is 42.5 Å². The molecular weight excluding hydrogens is 383 g/mol. The van der Waals surface area contributed by atoms with Gasteiger partial charge in [-0.15, -0.1) is 0 Å². The molecule has 0 radical (unpaired) electrons. The van der Waals surface area contributed by atoms with E-state index in [9.17, 15) is 19.7 Å². The van der Waals surface area contributed by atoms with E-state index in [-0.39, 0.29) is 16.9 Å². The first-order chi connectivity index (χ1) is 12.2. The van der Waals surface area contributed by atoms with Crippen LogP contribution in [-0.2, 0) is 4.79 Å². The van der Waals surface area contributed by atoms with Gasteiger partial charge in [0.05, 0.1) is 26.2 Å². The van der Waals surface area contributed by atoms with Crippen molar-refractivity contribution in [2.24, 2.45) is 0 Å². The fraction of sp³-hybridized carbons (Fsp3) is 0.0588. The Hall–Kier alpha value is -2.90. The van der Waals surface area contributed by atoms with Gasteiger partial charge < -0.3 is 10.4 Å². The molecule has 0 heterocycles. The van der Waals surface area contributed by atoms with E-state index in [0.29, 0.717) is 21.2 Å². The first-order valence-corrected chi connectivity index (χ1v) is 7.91. The number of carbonyl (C=O) groups excluding carboxylic acids is 1. The van der Waals surface area contributed by atoms with Gasteiger partial charge >= 0.3 is 5.97 Å². The number of non-ortho nitro benzene ring substituents is 1. The summed E-state index contributed by atoms with van der Waals surface area (Å²) in [6, 6.07) is 7.94. The summed E-state index contributed by atoms with van der Waals surface area (Å²) in [7, 11) is 0. The Morgan fingerprint density at radius 1 is 1.15 bits per heavy atom. The Bertz CT molecular complexity index is 941. The molecular formula is C17H12Cl2N2O5. The zero-order chi connectivity index (χ0) is 19.4. The Balaban J connectivity index is 2.31. The summed E-state index contributed by atoms with van der Waals surface area (Å²) in [5.74, 6) is -1.96. The normalized spacial score (nSPS) is 11.1. The fourth-order valence-corrected chi connectivity index (χ4v) is 2.42. The smallest absolute Gasteiger partial charge is 0.337 e. The van der Waals surface area contributed by atoms with E-state index in [4.69, 9.17) is 28.3 Å². The molecule has 9 heteroatoms. The molecule has 0 aliphatic heterocycles. The number of allylic oxidation sites excluding steroid dienone is 1. The summed E-state index contributed by atoms with van der Waals surface area (Å²) < 4.78 is 0. The summed E-state index contributed by atoms with van der Waals surface area (Å²) in [6.07, 6.45) is 1.23. The molecule has 2 N–H and O–H groups in total. The minimum absolute atomic E-state index is 0.171. The lowest BCUT2D eigenvalue weighted by molar-refractivity contribution is -0.384. The quantitative estimate of drug-likeness (QED) is 0.435. The Morgan fingerprint density at radius 3 is 2.42 bits per heavy atom. The summed E-state index contributed by atoms with van der Waals surface area (Å²) in [5, 5.41) is 23.1. The minimum atomic E-state index is -1.32. The van der Waals surface area contributed by atoms with Gasteiger partial charge in [0.2, 0.25) is 5.91 Å². The number of amides is 1. The van der Waals surface area contributed by atoms with Gasteiger partial charge in [0.25, 0.3) is 5.69 Å². The monoisotopic (exact) mass is 394 g/mol. The van der Waals surface area contributed by atoms with Crippen molar-refractivity contribution in [1.29, 1.82) is 0 Å². The molecule has 0 aliphatic carbocycles. The summed E-state index contributed by atoms with van der Waals surface area (Å²) in [4.78, 5) is 33.6. The number of benzene rings is 2. The van der Waals surface area contributed by atoms with E-state index >= 15 is 0 Å². The topological polar surface area (TPSA) is 110 Å². The number of carbonyl (C=O) groups is 2. The second-order valence-corrected chi connectivity index (χ2v) is 6.05. The Labute approximate surface area is 158 Å². The highest BCUT2D eigenvalue weighted by Gasteiger charge is 2.17. The van der Waals surface area contributed by atoms with Crippen LogP contribution in [0.5, 0.6) is 0 Å². The summed E-state index contributed by atoms with van der Waals surface area (Å²) in [5.41, 5.74) is 0.422. The first kappa shape index (κ1) is 19.4. The molecule has 7 nitrogen and oxygen atoms in total. The number of carboxylic acids is 1. The molecule has 1 amide bonds. The molecule has 0 saturated heterocycles. The average molecular weight is 395 g/mol. The number of nitrogens with one attached hydrogen (secondary N) is 1. The molecule has 0 aromatic heterocycles. The van der Waals surface area contributed by atoms with E-state index in [0.717, 1.165) is 18.2 Å². The number of rotatable bonds is 5. The third kappa shape index (κ3) is 4.59. The predicted octanol–water partition coefficient (Wildman–Crippen LogP) is 4.64. The van der Waals surface area contributed by atoms with Gasteiger partial charge in [-0.1, -0.05) is 29.3 Å². The van der Waals surface area contributed by atoms with Crippen molar-refractivity contribution in [3.8, 4) is 0 Å². The van der Waals surface area contributed by atoms with E-state index in [2.05, 4.69) is 5.32 Å². The van der Waals surface area contributed by atoms with Gasteiger partial charge in [0.15, 0.2) is 0 Å². The molecule has 0 atom stereocenters. The van der Waals surface area contributed by atoms with Crippen LogP contribution in [0.3, 0.4) is 0 Å². The van der Waals surface area contributed by atoms with Gasteiger partial charge in [-0.25, -0.2) is 4.79 Å². The molecule has 0 bridgehead atoms. The highest BCUT2D eigenvalue weighted by atomic mass is 35.5.